The molecule has 98 valence electrons. The number of benzene rings is 1. The van der Waals surface area contributed by atoms with E-state index in [1.54, 1.807) is 19.9 Å². The molecule has 0 aromatic heterocycles. The van der Waals surface area contributed by atoms with E-state index in [1.807, 2.05) is 13.0 Å². The first-order valence-electron chi connectivity index (χ1n) is 5.90. The summed E-state index contributed by atoms with van der Waals surface area (Å²) < 4.78 is 18.3. The number of aryl methyl sites for hydroxylation is 1. The average molecular weight is 252 g/mol. The predicted octanol–water partition coefficient (Wildman–Crippen LogP) is 2.78. The number of carbonyl (C=O) groups is 2. The topological polar surface area (TPSA) is 43.4 Å². The van der Waals surface area contributed by atoms with Crippen LogP contribution in [0.5, 0.6) is 0 Å². The van der Waals surface area contributed by atoms with E-state index in [9.17, 15) is 14.0 Å². The lowest BCUT2D eigenvalue weighted by Crippen LogP contribution is -2.28. The standard InChI is InChI=1S/C14H17FO3/c1-4-8-18-14(17)12(15)13(16)11-7-5-6-9(2)10(11)3/h5-7,12H,4,8H2,1-3H3. The molecule has 0 fully saturated rings. The van der Waals surface area contributed by atoms with Crippen LogP contribution in [0, 0.1) is 13.8 Å². The first-order valence-corrected chi connectivity index (χ1v) is 5.90. The van der Waals surface area contributed by atoms with Crippen LogP contribution >= 0.6 is 0 Å². The number of hydrogen-bond donors (Lipinski definition) is 0. The van der Waals surface area contributed by atoms with Gasteiger partial charge in [-0.15, -0.1) is 0 Å². The van der Waals surface area contributed by atoms with Gasteiger partial charge in [0.05, 0.1) is 6.61 Å². The molecule has 1 atom stereocenters. The van der Waals surface area contributed by atoms with Crippen molar-refractivity contribution in [2.75, 3.05) is 6.61 Å². The minimum Gasteiger partial charge on any atom is -0.463 e. The molecular formula is C14H17FO3. The summed E-state index contributed by atoms with van der Waals surface area (Å²) >= 11 is 0. The van der Waals surface area contributed by atoms with E-state index in [1.165, 1.54) is 6.07 Å². The molecular weight excluding hydrogens is 235 g/mol. The Bertz CT molecular complexity index is 454. The molecule has 0 saturated carbocycles. The molecule has 0 N–H and O–H groups in total. The summed E-state index contributed by atoms with van der Waals surface area (Å²) in [6, 6.07) is 5.01. The van der Waals surface area contributed by atoms with E-state index < -0.39 is 17.9 Å². The van der Waals surface area contributed by atoms with Crippen LogP contribution in [0.15, 0.2) is 18.2 Å². The van der Waals surface area contributed by atoms with Gasteiger partial charge in [0.15, 0.2) is 0 Å². The second kappa shape index (κ2) is 6.28. The van der Waals surface area contributed by atoms with Crippen molar-refractivity contribution in [2.45, 2.75) is 33.4 Å². The van der Waals surface area contributed by atoms with Crippen molar-refractivity contribution < 1.29 is 18.7 Å². The number of Topliss-reactive ketones (excluding diaryl/α,β-unsaturated/α-hetero) is 1. The molecule has 3 nitrogen and oxygen atoms in total. The summed E-state index contributed by atoms with van der Waals surface area (Å²) in [5.41, 5.74) is 1.80. The van der Waals surface area contributed by atoms with Gasteiger partial charge in [-0.1, -0.05) is 25.1 Å². The Morgan fingerprint density at radius 2 is 2.00 bits per heavy atom. The Morgan fingerprint density at radius 3 is 2.61 bits per heavy atom. The highest BCUT2D eigenvalue weighted by molar-refractivity contribution is 6.11. The summed E-state index contributed by atoms with van der Waals surface area (Å²) in [5, 5.41) is 0. The van der Waals surface area contributed by atoms with Crippen molar-refractivity contribution >= 4 is 11.8 Å². The summed E-state index contributed by atoms with van der Waals surface area (Å²) in [4.78, 5) is 23.1. The third-order valence-electron chi connectivity index (χ3n) is 2.76. The molecule has 0 aliphatic heterocycles. The zero-order valence-electron chi connectivity index (χ0n) is 10.8. The van der Waals surface area contributed by atoms with Gasteiger partial charge in [0.2, 0.25) is 5.78 Å². The molecule has 1 aromatic rings. The molecule has 1 unspecified atom stereocenters. The van der Waals surface area contributed by atoms with Gasteiger partial charge in [0.1, 0.15) is 0 Å². The Balaban J connectivity index is 2.87. The summed E-state index contributed by atoms with van der Waals surface area (Å²) in [7, 11) is 0. The van der Waals surface area contributed by atoms with Gasteiger partial charge in [-0.2, -0.15) is 0 Å². The Morgan fingerprint density at radius 1 is 1.33 bits per heavy atom. The van der Waals surface area contributed by atoms with Crippen LogP contribution in [0.3, 0.4) is 0 Å². The highest BCUT2D eigenvalue weighted by Crippen LogP contribution is 2.16. The molecule has 0 aliphatic rings. The number of ether oxygens (including phenoxy) is 1. The molecule has 0 amide bonds. The normalized spacial score (nSPS) is 12.0. The molecule has 18 heavy (non-hydrogen) atoms. The minimum absolute atomic E-state index is 0.124. The third kappa shape index (κ3) is 3.15. The number of esters is 1. The maximum absolute atomic E-state index is 13.7. The maximum atomic E-state index is 13.7. The largest absolute Gasteiger partial charge is 0.463 e. The van der Waals surface area contributed by atoms with Crippen molar-refractivity contribution in [3.05, 3.63) is 34.9 Å². The highest BCUT2D eigenvalue weighted by atomic mass is 19.1. The lowest BCUT2D eigenvalue weighted by molar-refractivity contribution is -0.147. The van der Waals surface area contributed by atoms with Crippen LogP contribution in [0.25, 0.3) is 0 Å². The fourth-order valence-corrected chi connectivity index (χ4v) is 1.54. The van der Waals surface area contributed by atoms with Crippen molar-refractivity contribution in [3.8, 4) is 0 Å². The van der Waals surface area contributed by atoms with E-state index in [0.29, 0.717) is 12.0 Å². The van der Waals surface area contributed by atoms with Crippen LogP contribution in [0.4, 0.5) is 4.39 Å². The number of halogens is 1. The number of ketones is 1. The van der Waals surface area contributed by atoms with Gasteiger partial charge in [-0.3, -0.25) is 4.79 Å². The molecule has 0 bridgehead atoms. The number of hydrogen-bond acceptors (Lipinski definition) is 3. The fourth-order valence-electron chi connectivity index (χ4n) is 1.54. The highest BCUT2D eigenvalue weighted by Gasteiger charge is 2.29. The monoisotopic (exact) mass is 252 g/mol. The van der Waals surface area contributed by atoms with Crippen LogP contribution in [0.2, 0.25) is 0 Å². The van der Waals surface area contributed by atoms with Gasteiger partial charge in [-0.05, 0) is 31.4 Å². The van der Waals surface area contributed by atoms with E-state index in [0.717, 1.165) is 5.56 Å². The molecule has 0 spiro atoms. The number of carbonyl (C=O) groups excluding carboxylic acids is 2. The van der Waals surface area contributed by atoms with Gasteiger partial charge in [0.25, 0.3) is 6.17 Å². The van der Waals surface area contributed by atoms with E-state index >= 15 is 0 Å². The van der Waals surface area contributed by atoms with E-state index in [4.69, 9.17) is 0 Å². The first kappa shape index (κ1) is 14.4. The summed E-state index contributed by atoms with van der Waals surface area (Å²) in [6.07, 6.45) is -1.65. The van der Waals surface area contributed by atoms with Crippen LogP contribution < -0.4 is 0 Å². The molecule has 4 heteroatoms. The Kier molecular flexibility index (Phi) is 5.01. The van der Waals surface area contributed by atoms with Gasteiger partial charge >= 0.3 is 5.97 Å². The summed E-state index contributed by atoms with van der Waals surface area (Å²) in [5.74, 6) is -1.94. The lowest BCUT2D eigenvalue weighted by Gasteiger charge is -2.10. The van der Waals surface area contributed by atoms with Crippen LogP contribution in [-0.4, -0.2) is 24.5 Å². The van der Waals surface area contributed by atoms with Crippen LogP contribution in [0.1, 0.15) is 34.8 Å². The molecule has 1 aromatic carbocycles. The summed E-state index contributed by atoms with van der Waals surface area (Å²) in [6.45, 7) is 5.48. The van der Waals surface area contributed by atoms with Gasteiger partial charge in [-0.25, -0.2) is 9.18 Å². The smallest absolute Gasteiger partial charge is 0.349 e. The second-order valence-electron chi connectivity index (χ2n) is 4.14. The number of alkyl halides is 1. The molecule has 0 saturated heterocycles. The van der Waals surface area contributed by atoms with Crippen LogP contribution in [-0.2, 0) is 9.53 Å². The molecule has 0 radical (unpaired) electrons. The number of rotatable bonds is 5. The average Bonchev–Trinajstić information content (AvgIpc) is 2.37. The quantitative estimate of drug-likeness (QED) is 0.460. The molecule has 0 heterocycles. The zero-order chi connectivity index (χ0) is 13.7. The fraction of sp³-hybridized carbons (Fsp3) is 0.429. The zero-order valence-corrected chi connectivity index (χ0v) is 10.8. The maximum Gasteiger partial charge on any atom is 0.349 e. The van der Waals surface area contributed by atoms with Crippen molar-refractivity contribution in [2.24, 2.45) is 0 Å². The Labute approximate surface area is 106 Å². The van der Waals surface area contributed by atoms with E-state index in [-0.39, 0.29) is 12.2 Å². The lowest BCUT2D eigenvalue weighted by atomic mass is 9.98. The van der Waals surface area contributed by atoms with Crippen molar-refractivity contribution in [1.29, 1.82) is 0 Å². The third-order valence-corrected chi connectivity index (χ3v) is 2.76. The second-order valence-corrected chi connectivity index (χ2v) is 4.14. The van der Waals surface area contributed by atoms with Gasteiger partial charge in [0, 0.05) is 5.56 Å². The van der Waals surface area contributed by atoms with Gasteiger partial charge < -0.3 is 4.74 Å². The van der Waals surface area contributed by atoms with Crippen molar-refractivity contribution in [1.82, 2.24) is 0 Å². The van der Waals surface area contributed by atoms with E-state index in [2.05, 4.69) is 4.74 Å². The molecule has 1 rings (SSSR count). The van der Waals surface area contributed by atoms with Crippen molar-refractivity contribution in [3.63, 3.8) is 0 Å². The molecule has 0 aliphatic carbocycles. The Hall–Kier alpha value is -1.71. The first-order chi connectivity index (χ1) is 8.49. The minimum atomic E-state index is -2.24. The predicted molar refractivity (Wildman–Crippen MR) is 66.4 cm³/mol. The SMILES string of the molecule is CCCOC(=O)C(F)C(=O)c1cccc(C)c1C.